The molecule has 0 spiro atoms. The monoisotopic (exact) mass is 614 g/mol. The molecule has 2 fully saturated rings. The smallest absolute Gasteiger partial charge is 0.376 e. The van der Waals surface area contributed by atoms with Gasteiger partial charge in [-0.3, -0.25) is 4.79 Å². The molecule has 2 N–H and O–H groups in total. The van der Waals surface area contributed by atoms with Crippen molar-refractivity contribution in [3.05, 3.63) is 41.1 Å². The maximum absolute atomic E-state index is 14.3. The Labute approximate surface area is 242 Å². The van der Waals surface area contributed by atoms with E-state index in [4.69, 9.17) is 4.74 Å². The number of fused-ring (bicyclic) bond motifs is 1. The third-order valence-electron chi connectivity index (χ3n) is 7.65. The molecule has 234 valence electrons. The van der Waals surface area contributed by atoms with E-state index < -0.39 is 54.6 Å². The number of carbonyl (C=O) groups is 2. The molecule has 0 bridgehead atoms. The van der Waals surface area contributed by atoms with Gasteiger partial charge in [0.2, 0.25) is 0 Å². The first-order valence-corrected chi connectivity index (χ1v) is 13.7. The molecule has 0 aromatic carbocycles. The summed E-state index contributed by atoms with van der Waals surface area (Å²) < 4.78 is 81.1. The van der Waals surface area contributed by atoms with Gasteiger partial charge in [0, 0.05) is 5.56 Å². The number of urea groups is 1. The van der Waals surface area contributed by atoms with E-state index in [1.165, 1.54) is 23.8 Å². The molecule has 4 heterocycles. The summed E-state index contributed by atoms with van der Waals surface area (Å²) in [5.74, 6) is -3.87. The molecule has 43 heavy (non-hydrogen) atoms. The van der Waals surface area contributed by atoms with Crippen LogP contribution >= 0.6 is 0 Å². The highest BCUT2D eigenvalue weighted by molar-refractivity contribution is 5.93. The summed E-state index contributed by atoms with van der Waals surface area (Å²) in [6.45, 7) is 1.99. The van der Waals surface area contributed by atoms with Crippen LogP contribution < -0.4 is 10.6 Å². The van der Waals surface area contributed by atoms with Crippen molar-refractivity contribution in [2.75, 3.05) is 19.7 Å². The number of halogens is 5. The van der Waals surface area contributed by atoms with Crippen LogP contribution in [0.4, 0.5) is 26.7 Å². The van der Waals surface area contributed by atoms with Crippen molar-refractivity contribution >= 4 is 17.6 Å². The van der Waals surface area contributed by atoms with E-state index in [0.717, 1.165) is 31.6 Å². The molecule has 12 nitrogen and oxygen atoms in total. The lowest BCUT2D eigenvalue weighted by molar-refractivity contribution is -0.214. The number of alkyl halides is 5. The van der Waals surface area contributed by atoms with Crippen molar-refractivity contribution in [1.29, 1.82) is 0 Å². The molecule has 17 heteroatoms. The van der Waals surface area contributed by atoms with Crippen LogP contribution in [0.15, 0.2) is 23.1 Å². The molecule has 1 saturated heterocycles. The highest BCUT2D eigenvalue weighted by atomic mass is 19.4. The number of carbonyl (C=O) groups excluding carboxylic acids is 2. The topological polar surface area (TPSA) is 140 Å². The lowest BCUT2D eigenvalue weighted by atomic mass is 9.85. The summed E-state index contributed by atoms with van der Waals surface area (Å²) >= 11 is 0. The first-order chi connectivity index (χ1) is 20.1. The van der Waals surface area contributed by atoms with E-state index in [2.05, 4.69) is 35.7 Å². The van der Waals surface area contributed by atoms with Crippen LogP contribution in [0.25, 0.3) is 5.65 Å². The fourth-order valence-corrected chi connectivity index (χ4v) is 4.63. The predicted octanol–water partition coefficient (Wildman–Crippen LogP) is 4.14. The van der Waals surface area contributed by atoms with Gasteiger partial charge in [-0.1, -0.05) is 19.0 Å². The summed E-state index contributed by atoms with van der Waals surface area (Å²) in [6, 6.07) is -1.03. The largest absolute Gasteiger partial charge is 0.393 e. The number of rotatable bonds is 11. The van der Waals surface area contributed by atoms with Gasteiger partial charge in [0.25, 0.3) is 11.8 Å². The first kappa shape index (κ1) is 30.6. The molecule has 3 aromatic heterocycles. The standard InChI is InChI=1S/C26H31F5N8O4/c1-14-21(37-43-36-14)22(40)35-17(6-7-24(2,3)26(29,30)31)18-10-39-20(34-18)8-15(9-33-39)19(11-42-16-4-5-16)38-13-25(27,28)12-32-23(38)41/h8-10,16-17,19H,4-7,11-13H2,1-3H3,(H,32,41)(H,35,40). The second kappa shape index (κ2) is 11.3. The summed E-state index contributed by atoms with van der Waals surface area (Å²) in [5.41, 5.74) is -1.18. The number of ether oxygens (including phenoxy) is 1. The summed E-state index contributed by atoms with van der Waals surface area (Å²) in [7, 11) is 0. The van der Waals surface area contributed by atoms with Gasteiger partial charge in [0.15, 0.2) is 11.3 Å². The molecular formula is C26H31F5N8O4. The summed E-state index contributed by atoms with van der Waals surface area (Å²) in [4.78, 5) is 31.0. The van der Waals surface area contributed by atoms with Crippen LogP contribution in [-0.4, -0.2) is 79.6 Å². The number of amides is 3. The van der Waals surface area contributed by atoms with Gasteiger partial charge in [-0.05, 0) is 43.8 Å². The Morgan fingerprint density at radius 2 is 2.02 bits per heavy atom. The zero-order valence-electron chi connectivity index (χ0n) is 23.6. The molecule has 1 saturated carbocycles. The third kappa shape index (κ3) is 6.86. The molecule has 2 unspecified atom stereocenters. The Kier molecular flexibility index (Phi) is 8.04. The fourth-order valence-electron chi connectivity index (χ4n) is 4.63. The van der Waals surface area contributed by atoms with Crippen molar-refractivity contribution in [3.63, 3.8) is 0 Å². The molecule has 1 aliphatic heterocycles. The zero-order chi connectivity index (χ0) is 31.2. The van der Waals surface area contributed by atoms with Gasteiger partial charge in [0.05, 0.1) is 61.4 Å². The second-order valence-electron chi connectivity index (χ2n) is 11.6. The van der Waals surface area contributed by atoms with Gasteiger partial charge in [-0.25, -0.2) is 27.7 Å². The second-order valence-corrected chi connectivity index (χ2v) is 11.6. The minimum absolute atomic E-state index is 0.0144. The molecule has 5 rings (SSSR count). The van der Waals surface area contributed by atoms with Crippen molar-refractivity contribution in [2.24, 2.45) is 5.41 Å². The van der Waals surface area contributed by atoms with Gasteiger partial charge >= 0.3 is 12.2 Å². The Balaban J connectivity index is 1.45. The minimum Gasteiger partial charge on any atom is -0.376 e. The van der Waals surface area contributed by atoms with Gasteiger partial charge in [-0.15, -0.1) is 0 Å². The van der Waals surface area contributed by atoms with Gasteiger partial charge in [0.1, 0.15) is 5.69 Å². The lowest BCUT2D eigenvalue weighted by Gasteiger charge is -2.38. The highest BCUT2D eigenvalue weighted by Crippen LogP contribution is 2.42. The van der Waals surface area contributed by atoms with Crippen LogP contribution in [0.3, 0.4) is 0 Å². The first-order valence-electron chi connectivity index (χ1n) is 13.7. The van der Waals surface area contributed by atoms with Crippen molar-refractivity contribution in [2.45, 2.75) is 76.7 Å². The Morgan fingerprint density at radius 1 is 1.28 bits per heavy atom. The van der Waals surface area contributed by atoms with E-state index in [-0.39, 0.29) is 48.3 Å². The highest BCUT2D eigenvalue weighted by Gasteiger charge is 2.47. The molecular weight excluding hydrogens is 583 g/mol. The van der Waals surface area contributed by atoms with Crippen LogP contribution in [-0.2, 0) is 4.74 Å². The quantitative estimate of drug-likeness (QED) is 0.307. The van der Waals surface area contributed by atoms with E-state index in [9.17, 15) is 31.5 Å². The van der Waals surface area contributed by atoms with Crippen molar-refractivity contribution in [3.8, 4) is 0 Å². The van der Waals surface area contributed by atoms with E-state index in [0.29, 0.717) is 5.56 Å². The van der Waals surface area contributed by atoms with Crippen LogP contribution in [0.5, 0.6) is 0 Å². The van der Waals surface area contributed by atoms with Crippen LogP contribution in [0, 0.1) is 12.3 Å². The Bertz CT molecular complexity index is 1490. The lowest BCUT2D eigenvalue weighted by Crippen LogP contribution is -2.58. The van der Waals surface area contributed by atoms with Crippen LogP contribution in [0.2, 0.25) is 0 Å². The number of aryl methyl sites for hydroxylation is 1. The van der Waals surface area contributed by atoms with Crippen molar-refractivity contribution < 1.29 is 40.9 Å². The Morgan fingerprint density at radius 3 is 2.67 bits per heavy atom. The fraction of sp³-hybridized carbons (Fsp3) is 0.615. The number of nitrogens with one attached hydrogen (secondary N) is 2. The minimum atomic E-state index is -4.49. The number of hydrogen-bond acceptors (Lipinski definition) is 8. The molecule has 3 aromatic rings. The Hall–Kier alpha value is -3.89. The van der Waals surface area contributed by atoms with E-state index in [1.807, 2.05) is 0 Å². The number of hydrogen-bond donors (Lipinski definition) is 2. The molecule has 2 atom stereocenters. The maximum Gasteiger partial charge on any atom is 0.393 e. The number of imidazole rings is 1. The third-order valence-corrected chi connectivity index (χ3v) is 7.65. The zero-order valence-corrected chi connectivity index (χ0v) is 23.6. The maximum atomic E-state index is 14.3. The van der Waals surface area contributed by atoms with E-state index >= 15 is 0 Å². The normalized spacial score (nSPS) is 18.9. The predicted molar refractivity (Wildman–Crippen MR) is 138 cm³/mol. The average Bonchev–Trinajstić information content (AvgIpc) is 3.49. The average molecular weight is 615 g/mol. The van der Waals surface area contributed by atoms with Crippen molar-refractivity contribution in [1.82, 2.24) is 40.4 Å². The molecule has 3 amide bonds. The van der Waals surface area contributed by atoms with E-state index in [1.54, 1.807) is 6.07 Å². The van der Waals surface area contributed by atoms with Crippen LogP contribution in [0.1, 0.15) is 79.1 Å². The van der Waals surface area contributed by atoms with Gasteiger partial charge in [-0.2, -0.15) is 18.3 Å². The summed E-state index contributed by atoms with van der Waals surface area (Å²) in [5, 5.41) is 16.3. The summed E-state index contributed by atoms with van der Waals surface area (Å²) in [6.07, 6.45) is -0.474. The van der Waals surface area contributed by atoms with Gasteiger partial charge < -0.3 is 20.3 Å². The SMILES string of the molecule is Cc1nonc1C(=O)NC(CCC(C)(C)C(F)(F)F)c1cn2ncc(C(COC3CC3)N3CC(F)(F)CNC3=O)cc2n1. The number of nitrogens with zero attached hydrogens (tertiary/aromatic N) is 6. The molecule has 2 aliphatic rings. The molecule has 1 aliphatic carbocycles. The molecule has 0 radical (unpaired) electrons. The number of aromatic nitrogens is 5.